The van der Waals surface area contributed by atoms with Gasteiger partial charge in [-0.05, 0) is 18.9 Å². The quantitative estimate of drug-likeness (QED) is 0.684. The van der Waals surface area contributed by atoms with Gasteiger partial charge in [-0.25, -0.2) is 8.42 Å². The number of aromatic amines is 1. The number of likely N-dealkylation sites (tertiary alicyclic amines) is 1. The Kier molecular flexibility index (Phi) is 4.09. The van der Waals surface area contributed by atoms with E-state index in [9.17, 15) is 18.0 Å². The highest BCUT2D eigenvalue weighted by atomic mass is 32.2. The van der Waals surface area contributed by atoms with Crippen molar-refractivity contribution in [2.75, 3.05) is 19.6 Å². The van der Waals surface area contributed by atoms with E-state index >= 15 is 0 Å². The normalized spacial score (nSPS) is 15.5. The number of carboxylic acid groups (broad SMARTS) is 1. The molecule has 0 saturated carbocycles. The van der Waals surface area contributed by atoms with Gasteiger partial charge in [0.1, 0.15) is 17.1 Å². The maximum absolute atomic E-state index is 12.0. The number of amides is 1. The number of carbonyl (C=O) groups is 2. The summed E-state index contributed by atoms with van der Waals surface area (Å²) in [5.74, 6) is -1.53. The van der Waals surface area contributed by atoms with Crippen LogP contribution < -0.4 is 4.72 Å². The molecule has 0 radical (unpaired) electrons. The molecule has 0 aliphatic carbocycles. The summed E-state index contributed by atoms with van der Waals surface area (Å²) >= 11 is 0. The number of aromatic nitrogens is 1. The van der Waals surface area contributed by atoms with Crippen molar-refractivity contribution in [2.45, 2.75) is 17.7 Å². The van der Waals surface area contributed by atoms with E-state index in [0.29, 0.717) is 13.1 Å². The Hall–Kier alpha value is -1.87. The van der Waals surface area contributed by atoms with Crippen LogP contribution in [-0.2, 0) is 14.8 Å². The molecule has 1 aliphatic heterocycles. The van der Waals surface area contributed by atoms with Crippen molar-refractivity contribution < 1.29 is 23.1 Å². The number of hydrogen-bond donors (Lipinski definition) is 3. The van der Waals surface area contributed by atoms with Crippen LogP contribution in [0.5, 0.6) is 0 Å². The van der Waals surface area contributed by atoms with Crippen molar-refractivity contribution in [3.05, 3.63) is 18.0 Å². The second-order valence-corrected chi connectivity index (χ2v) is 6.23. The van der Waals surface area contributed by atoms with Gasteiger partial charge >= 0.3 is 5.97 Å². The number of H-pyrrole nitrogens is 1. The summed E-state index contributed by atoms with van der Waals surface area (Å²) in [6.45, 7) is 0.622. The van der Waals surface area contributed by atoms with Crippen molar-refractivity contribution in [1.82, 2.24) is 14.6 Å². The third-order valence-electron chi connectivity index (χ3n) is 3.00. The first-order valence-corrected chi connectivity index (χ1v) is 7.57. The van der Waals surface area contributed by atoms with Crippen LogP contribution >= 0.6 is 0 Å². The minimum atomic E-state index is -3.92. The molecular weight excluding hydrogens is 286 g/mol. The van der Waals surface area contributed by atoms with Gasteiger partial charge in [-0.2, -0.15) is 4.72 Å². The highest BCUT2D eigenvalue weighted by molar-refractivity contribution is 7.89. The van der Waals surface area contributed by atoms with Gasteiger partial charge in [0.2, 0.25) is 10.0 Å². The number of aliphatic carboxylic acids is 1. The van der Waals surface area contributed by atoms with Gasteiger partial charge in [0.25, 0.3) is 5.91 Å². The minimum absolute atomic E-state index is 0.152. The van der Waals surface area contributed by atoms with Crippen molar-refractivity contribution >= 4 is 21.9 Å². The Morgan fingerprint density at radius 3 is 2.60 bits per heavy atom. The van der Waals surface area contributed by atoms with Gasteiger partial charge in [0.05, 0.1) is 0 Å². The van der Waals surface area contributed by atoms with E-state index in [0.717, 1.165) is 12.8 Å². The summed E-state index contributed by atoms with van der Waals surface area (Å²) in [6, 6.07) is 1.21. The maximum Gasteiger partial charge on any atom is 0.318 e. The van der Waals surface area contributed by atoms with Crippen LogP contribution in [-0.4, -0.2) is 54.9 Å². The molecule has 110 valence electrons. The summed E-state index contributed by atoms with van der Waals surface area (Å²) in [4.78, 5) is 26.5. The number of hydrogen-bond acceptors (Lipinski definition) is 4. The first kappa shape index (κ1) is 14.5. The van der Waals surface area contributed by atoms with Gasteiger partial charge in [0.15, 0.2) is 0 Å². The zero-order valence-electron chi connectivity index (χ0n) is 10.6. The van der Waals surface area contributed by atoms with Gasteiger partial charge in [0, 0.05) is 19.3 Å². The lowest BCUT2D eigenvalue weighted by atomic mass is 10.4. The molecule has 1 aliphatic rings. The predicted molar refractivity (Wildman–Crippen MR) is 68.8 cm³/mol. The minimum Gasteiger partial charge on any atom is -0.480 e. The van der Waals surface area contributed by atoms with E-state index in [1.165, 1.54) is 12.3 Å². The number of sulfonamides is 1. The van der Waals surface area contributed by atoms with Crippen molar-refractivity contribution in [1.29, 1.82) is 0 Å². The number of nitrogens with one attached hydrogen (secondary N) is 2. The fourth-order valence-electron chi connectivity index (χ4n) is 1.98. The van der Waals surface area contributed by atoms with Crippen LogP contribution in [0.25, 0.3) is 0 Å². The maximum atomic E-state index is 12.0. The van der Waals surface area contributed by atoms with Crippen molar-refractivity contribution in [2.24, 2.45) is 0 Å². The fourth-order valence-corrected chi connectivity index (χ4v) is 2.95. The molecule has 1 aromatic rings. The molecule has 0 bridgehead atoms. The van der Waals surface area contributed by atoms with Gasteiger partial charge in [-0.1, -0.05) is 0 Å². The summed E-state index contributed by atoms with van der Waals surface area (Å²) < 4.78 is 25.5. The molecule has 1 fully saturated rings. The third-order valence-corrected chi connectivity index (χ3v) is 4.38. The Morgan fingerprint density at radius 1 is 1.35 bits per heavy atom. The van der Waals surface area contributed by atoms with Crippen LogP contribution in [0.3, 0.4) is 0 Å². The van der Waals surface area contributed by atoms with Crippen LogP contribution in [0.1, 0.15) is 23.3 Å². The van der Waals surface area contributed by atoms with Crippen LogP contribution in [0.15, 0.2) is 17.2 Å². The average Bonchev–Trinajstić information content (AvgIpc) is 3.06. The number of nitrogens with zero attached hydrogens (tertiary/aromatic N) is 1. The van der Waals surface area contributed by atoms with Crippen molar-refractivity contribution in [3.8, 4) is 0 Å². The Bertz CT molecular complexity index is 616. The molecule has 8 nitrogen and oxygen atoms in total. The second kappa shape index (κ2) is 5.63. The first-order valence-electron chi connectivity index (χ1n) is 6.09. The Labute approximate surface area is 115 Å². The molecule has 1 saturated heterocycles. The van der Waals surface area contributed by atoms with Crippen LogP contribution in [0.4, 0.5) is 0 Å². The molecule has 9 heteroatoms. The standard InChI is InChI=1S/C11H15N3O5S/c15-10(16)7-13-20(18,19)8-5-9(12-6-8)11(17)14-3-1-2-4-14/h5-6,12-13H,1-4,7H2,(H,15,16). The molecule has 1 amide bonds. The van der Waals surface area contributed by atoms with Gasteiger partial charge < -0.3 is 15.0 Å². The molecule has 0 spiro atoms. The highest BCUT2D eigenvalue weighted by Gasteiger charge is 2.23. The summed E-state index contributed by atoms with van der Waals surface area (Å²) in [6.07, 6.45) is 3.06. The fraction of sp³-hybridized carbons (Fsp3) is 0.455. The molecule has 2 heterocycles. The number of carboxylic acids is 1. The van der Waals surface area contributed by atoms with Crippen molar-refractivity contribution in [3.63, 3.8) is 0 Å². The third kappa shape index (κ3) is 3.17. The van der Waals surface area contributed by atoms with E-state index in [1.54, 1.807) is 4.90 Å². The van der Waals surface area contributed by atoms with E-state index in [4.69, 9.17) is 5.11 Å². The second-order valence-electron chi connectivity index (χ2n) is 4.47. The molecule has 0 atom stereocenters. The lowest BCUT2D eigenvalue weighted by Gasteiger charge is -2.13. The Morgan fingerprint density at radius 2 is 2.00 bits per heavy atom. The largest absolute Gasteiger partial charge is 0.480 e. The summed E-state index contributed by atoms with van der Waals surface area (Å²) in [7, 11) is -3.92. The topological polar surface area (TPSA) is 120 Å². The molecule has 2 rings (SSSR count). The van der Waals surface area contributed by atoms with E-state index < -0.39 is 22.5 Å². The van der Waals surface area contributed by atoms with Gasteiger partial charge in [-0.3, -0.25) is 9.59 Å². The van der Waals surface area contributed by atoms with Crippen LogP contribution in [0, 0.1) is 0 Å². The molecule has 1 aromatic heterocycles. The molecule has 20 heavy (non-hydrogen) atoms. The monoisotopic (exact) mass is 301 g/mol. The van der Waals surface area contributed by atoms with E-state index in [-0.39, 0.29) is 16.5 Å². The lowest BCUT2D eigenvalue weighted by molar-refractivity contribution is -0.135. The zero-order chi connectivity index (χ0) is 14.8. The first-order chi connectivity index (χ1) is 9.40. The van der Waals surface area contributed by atoms with E-state index in [2.05, 4.69) is 4.98 Å². The summed E-state index contributed by atoms with van der Waals surface area (Å²) in [5, 5.41) is 8.47. The lowest BCUT2D eigenvalue weighted by Crippen LogP contribution is -2.29. The zero-order valence-corrected chi connectivity index (χ0v) is 11.4. The smallest absolute Gasteiger partial charge is 0.318 e. The highest BCUT2D eigenvalue weighted by Crippen LogP contribution is 2.15. The SMILES string of the molecule is O=C(O)CNS(=O)(=O)c1c[nH]c(C(=O)N2CCCC2)c1. The average molecular weight is 301 g/mol. The molecular formula is C11H15N3O5S. The van der Waals surface area contributed by atoms with E-state index in [1.807, 2.05) is 4.72 Å². The molecule has 0 unspecified atom stereocenters. The Balaban J connectivity index is 2.11. The predicted octanol–water partition coefficient (Wildman–Crippen LogP) is -0.386. The molecule has 3 N–H and O–H groups in total. The number of rotatable bonds is 5. The number of carbonyl (C=O) groups excluding carboxylic acids is 1. The summed E-state index contributed by atoms with van der Waals surface area (Å²) in [5.41, 5.74) is 0.183. The van der Waals surface area contributed by atoms with Gasteiger partial charge in [-0.15, -0.1) is 0 Å². The van der Waals surface area contributed by atoms with Crippen LogP contribution in [0.2, 0.25) is 0 Å². The molecule has 0 aromatic carbocycles.